The summed E-state index contributed by atoms with van der Waals surface area (Å²) in [7, 11) is -2.32. The second kappa shape index (κ2) is 12.9. The Hall–Kier alpha value is -4.02. The van der Waals surface area contributed by atoms with E-state index < -0.39 is 23.2 Å². The molecule has 4 aromatic rings. The van der Waals surface area contributed by atoms with Gasteiger partial charge in [-0.3, -0.25) is 13.9 Å². The van der Waals surface area contributed by atoms with Crippen molar-refractivity contribution in [2.24, 2.45) is 5.92 Å². The molecule has 1 atom stereocenters. The topological polar surface area (TPSA) is 106 Å². The number of sulfonamides is 1. The maximum absolute atomic E-state index is 13.8. The molecule has 0 saturated heterocycles. The van der Waals surface area contributed by atoms with E-state index in [4.69, 9.17) is 9.15 Å². The van der Waals surface area contributed by atoms with Crippen molar-refractivity contribution in [2.45, 2.75) is 39.2 Å². The fourth-order valence-electron chi connectivity index (χ4n) is 5.53. The maximum Gasteiger partial charge on any atom is 0.251 e. The van der Waals surface area contributed by atoms with Gasteiger partial charge in [0, 0.05) is 41.7 Å². The molecular formula is C34H37FN2O6S. The van der Waals surface area contributed by atoms with Gasteiger partial charge >= 0.3 is 0 Å². The van der Waals surface area contributed by atoms with Crippen LogP contribution in [0.1, 0.15) is 52.5 Å². The first-order valence-electron chi connectivity index (χ1n) is 14.7. The van der Waals surface area contributed by atoms with Crippen LogP contribution in [0.2, 0.25) is 0 Å². The molecule has 8 nitrogen and oxygen atoms in total. The van der Waals surface area contributed by atoms with Crippen LogP contribution in [0, 0.1) is 12.8 Å². The van der Waals surface area contributed by atoms with Gasteiger partial charge in [-0.1, -0.05) is 48.9 Å². The highest BCUT2D eigenvalue weighted by atomic mass is 32.2. The molecule has 1 saturated carbocycles. The van der Waals surface area contributed by atoms with Gasteiger partial charge in [-0.2, -0.15) is 0 Å². The lowest BCUT2D eigenvalue weighted by molar-refractivity contribution is 0.0883. The van der Waals surface area contributed by atoms with Crippen molar-refractivity contribution >= 4 is 38.4 Å². The summed E-state index contributed by atoms with van der Waals surface area (Å²) in [4.78, 5) is 26.7. The molecule has 5 rings (SSSR count). The zero-order chi connectivity index (χ0) is 31.6. The SMILES string of the molecule is CCC(=O)c1c(-c2ccc(C)cc2)oc2cc(N(CCF)S(C)(=O)=O)c(-c3cccc(C(=O)N[C@@H](COC)C4CC4)c3)cc12. The molecule has 0 spiro atoms. The lowest BCUT2D eigenvalue weighted by atomic mass is 9.95. The Balaban J connectivity index is 1.71. The third-order valence-corrected chi connectivity index (χ3v) is 9.15. The number of hydrogen-bond donors (Lipinski definition) is 1. The fourth-order valence-corrected chi connectivity index (χ4v) is 6.44. The summed E-state index contributed by atoms with van der Waals surface area (Å²) in [5.41, 5.74) is 3.94. The highest BCUT2D eigenvalue weighted by Gasteiger charge is 2.33. The van der Waals surface area contributed by atoms with E-state index in [-0.39, 0.29) is 29.8 Å². The average Bonchev–Trinajstić information content (AvgIpc) is 3.79. The molecule has 1 amide bonds. The van der Waals surface area contributed by atoms with Gasteiger partial charge in [0.25, 0.3) is 5.91 Å². The number of carbonyl (C=O) groups excluding carboxylic acids is 2. The van der Waals surface area contributed by atoms with Crippen LogP contribution >= 0.6 is 0 Å². The van der Waals surface area contributed by atoms with Crippen LogP contribution in [0.15, 0.2) is 65.1 Å². The number of Topliss-reactive ketones (excluding diaryl/α,β-unsaturated/α-hetero) is 1. The first-order chi connectivity index (χ1) is 21.0. The van der Waals surface area contributed by atoms with Gasteiger partial charge in [0.1, 0.15) is 18.0 Å². The van der Waals surface area contributed by atoms with E-state index in [2.05, 4.69) is 5.32 Å². The van der Waals surface area contributed by atoms with E-state index in [0.29, 0.717) is 57.1 Å². The number of halogens is 1. The fraction of sp³-hybridized carbons (Fsp3) is 0.353. The monoisotopic (exact) mass is 620 g/mol. The van der Waals surface area contributed by atoms with E-state index in [0.717, 1.165) is 29.0 Å². The number of ketones is 1. The number of fused-ring (bicyclic) bond motifs is 1. The third kappa shape index (κ3) is 6.56. The van der Waals surface area contributed by atoms with E-state index in [1.807, 2.05) is 31.2 Å². The summed E-state index contributed by atoms with van der Waals surface area (Å²) in [6, 6.07) is 17.5. The zero-order valence-corrected chi connectivity index (χ0v) is 26.2. The molecule has 44 heavy (non-hydrogen) atoms. The Morgan fingerprint density at radius 2 is 1.82 bits per heavy atom. The quantitative estimate of drug-likeness (QED) is 0.170. The number of anilines is 1. The average molecular weight is 621 g/mol. The van der Waals surface area contributed by atoms with Gasteiger partial charge in [0.15, 0.2) is 5.78 Å². The molecule has 1 heterocycles. The van der Waals surface area contributed by atoms with E-state index >= 15 is 0 Å². The first kappa shape index (κ1) is 31.4. The number of ether oxygens (including phenoxy) is 1. The minimum atomic E-state index is -3.92. The lowest BCUT2D eigenvalue weighted by Crippen LogP contribution is -2.39. The Morgan fingerprint density at radius 3 is 2.43 bits per heavy atom. The van der Waals surface area contributed by atoms with Crippen molar-refractivity contribution in [3.05, 3.63) is 77.4 Å². The smallest absolute Gasteiger partial charge is 0.251 e. The molecule has 10 heteroatoms. The number of furan rings is 1. The van der Waals surface area contributed by atoms with Gasteiger partial charge in [-0.15, -0.1) is 0 Å². The zero-order valence-electron chi connectivity index (χ0n) is 25.4. The number of hydrogen-bond acceptors (Lipinski definition) is 6. The van der Waals surface area contributed by atoms with Crippen LogP contribution in [0.3, 0.4) is 0 Å². The van der Waals surface area contributed by atoms with Crippen LogP contribution < -0.4 is 9.62 Å². The molecule has 232 valence electrons. The predicted octanol–water partition coefficient (Wildman–Crippen LogP) is 6.56. The van der Waals surface area contributed by atoms with Gasteiger partial charge < -0.3 is 14.5 Å². The number of benzene rings is 3. The van der Waals surface area contributed by atoms with Crippen LogP contribution in [0.4, 0.5) is 10.1 Å². The first-order valence-corrected chi connectivity index (χ1v) is 16.5. The van der Waals surface area contributed by atoms with Crippen molar-refractivity contribution in [1.29, 1.82) is 0 Å². The summed E-state index contributed by atoms with van der Waals surface area (Å²) >= 11 is 0. The Morgan fingerprint density at radius 1 is 1.09 bits per heavy atom. The molecule has 3 aromatic carbocycles. The van der Waals surface area contributed by atoms with Crippen LogP contribution in [-0.2, 0) is 14.8 Å². The Kier molecular flexibility index (Phi) is 9.22. The number of nitrogens with one attached hydrogen (secondary N) is 1. The summed E-state index contributed by atoms with van der Waals surface area (Å²) in [6.07, 6.45) is 3.30. The van der Waals surface area contributed by atoms with E-state index in [9.17, 15) is 22.4 Å². The third-order valence-electron chi connectivity index (χ3n) is 7.97. The van der Waals surface area contributed by atoms with Crippen molar-refractivity contribution in [1.82, 2.24) is 5.32 Å². The summed E-state index contributed by atoms with van der Waals surface area (Å²) in [5.74, 6) is 0.334. The standard InChI is InChI=1S/C34H37FN2O6S/c1-5-30(38)32-27-18-26(24-7-6-8-25(17-24)34(39)36-28(20-42-3)22-13-14-22)29(37(16-15-35)44(4,40)41)19-31(27)43-33(32)23-11-9-21(2)10-12-23/h6-12,17-19,22,28H,5,13-16,20H2,1-4H3,(H,36,39)/t28-/m0/s1. The molecule has 0 bridgehead atoms. The van der Waals surface area contributed by atoms with Crippen molar-refractivity contribution in [2.75, 3.05) is 37.5 Å². The van der Waals surface area contributed by atoms with Gasteiger partial charge in [0.2, 0.25) is 10.0 Å². The molecular weight excluding hydrogens is 583 g/mol. The maximum atomic E-state index is 13.8. The normalized spacial score (nSPS) is 14.0. The Bertz CT molecular complexity index is 1790. The van der Waals surface area contributed by atoms with Crippen molar-refractivity contribution in [3.8, 4) is 22.5 Å². The second-order valence-electron chi connectivity index (χ2n) is 11.3. The number of rotatable bonds is 13. The van der Waals surface area contributed by atoms with E-state index in [1.165, 1.54) is 0 Å². The minimum absolute atomic E-state index is 0.109. The van der Waals surface area contributed by atoms with Gasteiger partial charge in [0.05, 0.1) is 36.7 Å². The summed E-state index contributed by atoms with van der Waals surface area (Å²) < 4.78 is 52.2. The highest BCUT2D eigenvalue weighted by Crippen LogP contribution is 2.42. The molecule has 1 aliphatic rings. The molecule has 0 radical (unpaired) electrons. The summed E-state index contributed by atoms with van der Waals surface area (Å²) in [5, 5.41) is 3.57. The number of nitrogens with zero attached hydrogens (tertiary/aromatic N) is 1. The number of methoxy groups -OCH3 is 1. The molecule has 1 N–H and O–H groups in total. The number of amides is 1. The van der Waals surface area contributed by atoms with E-state index in [1.54, 1.807) is 50.4 Å². The molecule has 1 aromatic heterocycles. The molecule has 0 unspecified atom stereocenters. The van der Waals surface area contributed by atoms with Crippen LogP contribution in [0.25, 0.3) is 33.4 Å². The molecule has 1 aliphatic carbocycles. The van der Waals surface area contributed by atoms with Crippen LogP contribution in [-0.4, -0.2) is 59.3 Å². The Labute approximate surface area is 257 Å². The van der Waals surface area contributed by atoms with Gasteiger partial charge in [-0.25, -0.2) is 12.8 Å². The lowest BCUT2D eigenvalue weighted by Gasteiger charge is -2.24. The molecule has 1 fully saturated rings. The second-order valence-corrected chi connectivity index (χ2v) is 13.2. The van der Waals surface area contributed by atoms with Crippen LogP contribution in [0.5, 0.6) is 0 Å². The molecule has 0 aliphatic heterocycles. The van der Waals surface area contributed by atoms with Crippen molar-refractivity contribution in [3.63, 3.8) is 0 Å². The predicted molar refractivity (Wildman–Crippen MR) is 170 cm³/mol. The largest absolute Gasteiger partial charge is 0.455 e. The number of alkyl halides is 1. The van der Waals surface area contributed by atoms with Crippen molar-refractivity contribution < 1.29 is 31.6 Å². The number of carbonyl (C=O) groups is 2. The highest BCUT2D eigenvalue weighted by molar-refractivity contribution is 7.92. The summed E-state index contributed by atoms with van der Waals surface area (Å²) in [6.45, 7) is 2.80. The number of aryl methyl sites for hydroxylation is 1. The van der Waals surface area contributed by atoms with Gasteiger partial charge in [-0.05, 0) is 49.4 Å². The minimum Gasteiger partial charge on any atom is -0.455 e.